The van der Waals surface area contributed by atoms with E-state index in [1.165, 1.54) is 10.9 Å². The minimum Gasteiger partial charge on any atom is -1.00 e. The van der Waals surface area contributed by atoms with Crippen molar-refractivity contribution < 1.29 is 29.0 Å². The van der Waals surface area contributed by atoms with Crippen molar-refractivity contribution in [2.24, 2.45) is 0 Å². The van der Waals surface area contributed by atoms with Crippen LogP contribution >= 0.6 is 11.6 Å². The first-order chi connectivity index (χ1) is 5.77. The summed E-state index contributed by atoms with van der Waals surface area (Å²) in [6.07, 6.45) is 0. The molecule has 2 rings (SSSR count). The maximum Gasteiger partial charge on any atom is 0.273 e. The normalized spacial score (nSPS) is 9.69. The molecule has 2 aromatic rings. The molecule has 68 valence electrons. The lowest BCUT2D eigenvalue weighted by molar-refractivity contribution is -0.342. The van der Waals surface area contributed by atoms with Crippen LogP contribution in [-0.2, 0) is 0 Å². The third-order valence-corrected chi connectivity index (χ3v) is 2.15. The van der Waals surface area contributed by atoms with Gasteiger partial charge < -0.3 is 24.0 Å². The fraction of sp³-hybridized carbons (Fsp3) is 0.100. The molecule has 0 atom stereocenters. The van der Waals surface area contributed by atoms with Crippen LogP contribution in [0.2, 0.25) is 5.15 Å². The highest BCUT2D eigenvalue weighted by atomic mass is 127. The number of para-hydroxylation sites is 1. The summed E-state index contributed by atoms with van der Waals surface area (Å²) >= 11 is 5.87. The van der Waals surface area contributed by atoms with Crippen LogP contribution in [0, 0.1) is 6.92 Å². The van der Waals surface area contributed by atoms with Crippen molar-refractivity contribution in [1.29, 1.82) is 0 Å². The maximum atomic E-state index is 5.87. The maximum absolute atomic E-state index is 5.87. The predicted molar refractivity (Wildman–Crippen MR) is 50.3 cm³/mol. The fourth-order valence-electron chi connectivity index (χ4n) is 1.37. The second-order valence-electron chi connectivity index (χ2n) is 2.85. The molecule has 0 unspecified atom stereocenters. The van der Waals surface area contributed by atoms with Crippen molar-refractivity contribution in [1.82, 2.24) is 0 Å². The smallest absolute Gasteiger partial charge is 0.273 e. The first-order valence-electron chi connectivity index (χ1n) is 3.84. The third-order valence-electron chi connectivity index (χ3n) is 1.95. The Morgan fingerprint density at radius 3 is 2.69 bits per heavy atom. The van der Waals surface area contributed by atoms with E-state index in [-0.39, 0.29) is 24.0 Å². The minimum absolute atomic E-state index is 0. The highest BCUT2D eigenvalue weighted by molar-refractivity contribution is 6.28. The zero-order valence-electron chi connectivity index (χ0n) is 7.14. The van der Waals surface area contributed by atoms with Crippen LogP contribution < -0.4 is 29.0 Å². The van der Waals surface area contributed by atoms with Crippen LogP contribution in [0.1, 0.15) is 5.56 Å². The molecule has 0 radical (unpaired) electrons. The Morgan fingerprint density at radius 1 is 1.23 bits per heavy atom. The molecule has 0 fully saturated rings. The number of aromatic nitrogens is 1. The Morgan fingerprint density at radius 2 is 1.92 bits per heavy atom. The number of aryl methyl sites for hydroxylation is 1. The van der Waals surface area contributed by atoms with E-state index >= 15 is 0 Å². The number of nitrogens with one attached hydrogen (secondary N) is 1. The number of aromatic amines is 1. The number of fused-ring (bicyclic) bond motifs is 1. The molecular weight excluding hydrogens is 296 g/mol. The number of benzene rings is 1. The number of rotatable bonds is 0. The monoisotopic (exact) mass is 305 g/mol. The Kier molecular flexibility index (Phi) is 3.50. The van der Waals surface area contributed by atoms with Crippen LogP contribution in [0.25, 0.3) is 10.9 Å². The molecule has 13 heavy (non-hydrogen) atoms. The summed E-state index contributed by atoms with van der Waals surface area (Å²) in [5.74, 6) is 0. The topological polar surface area (TPSA) is 14.1 Å². The van der Waals surface area contributed by atoms with E-state index in [2.05, 4.69) is 18.0 Å². The lowest BCUT2D eigenvalue weighted by Crippen LogP contribution is -3.00. The molecule has 1 N–H and O–H groups in total. The average Bonchev–Trinajstić information content (AvgIpc) is 2.04. The van der Waals surface area contributed by atoms with Crippen LogP contribution in [-0.4, -0.2) is 0 Å². The molecule has 1 heterocycles. The van der Waals surface area contributed by atoms with Crippen LogP contribution in [0.5, 0.6) is 0 Å². The summed E-state index contributed by atoms with van der Waals surface area (Å²) in [5, 5.41) is 1.91. The van der Waals surface area contributed by atoms with E-state index in [0.29, 0.717) is 5.15 Å². The van der Waals surface area contributed by atoms with Crippen LogP contribution in [0.3, 0.4) is 0 Å². The Balaban J connectivity index is 0.000000845. The summed E-state index contributed by atoms with van der Waals surface area (Å²) < 4.78 is 0. The molecule has 3 heteroatoms. The van der Waals surface area contributed by atoms with E-state index in [1.807, 2.05) is 24.3 Å². The van der Waals surface area contributed by atoms with Gasteiger partial charge >= 0.3 is 0 Å². The highest BCUT2D eigenvalue weighted by Gasteiger charge is 2.04. The zero-order chi connectivity index (χ0) is 8.55. The summed E-state index contributed by atoms with van der Waals surface area (Å²) in [6.45, 7) is 2.06. The molecular formula is C10H9ClIN. The van der Waals surface area contributed by atoms with E-state index in [1.54, 1.807) is 0 Å². The van der Waals surface area contributed by atoms with E-state index in [9.17, 15) is 0 Å². The first kappa shape index (κ1) is 10.7. The van der Waals surface area contributed by atoms with Gasteiger partial charge in [0.25, 0.3) is 5.15 Å². The standard InChI is InChI=1S/C10H8ClN.HI/c1-7-6-10(11)12-9-5-3-2-4-8(7)9;/h2-6H,1H3;1H. The molecule has 0 saturated heterocycles. The summed E-state index contributed by atoms with van der Waals surface area (Å²) in [6, 6.07) is 10.1. The summed E-state index contributed by atoms with van der Waals surface area (Å²) in [4.78, 5) is 3.10. The second kappa shape index (κ2) is 4.24. The van der Waals surface area contributed by atoms with Gasteiger partial charge in [-0.25, -0.2) is 0 Å². The second-order valence-corrected chi connectivity index (χ2v) is 3.25. The zero-order valence-corrected chi connectivity index (χ0v) is 10.1. The van der Waals surface area contributed by atoms with Crippen molar-refractivity contribution in [3.05, 3.63) is 41.0 Å². The van der Waals surface area contributed by atoms with Gasteiger partial charge in [-0.05, 0) is 30.2 Å². The van der Waals surface area contributed by atoms with Gasteiger partial charge in [0, 0.05) is 17.5 Å². The minimum atomic E-state index is 0. The van der Waals surface area contributed by atoms with Gasteiger partial charge in [0.05, 0.1) is 0 Å². The van der Waals surface area contributed by atoms with Gasteiger partial charge in [-0.1, -0.05) is 12.1 Å². The molecule has 0 aliphatic rings. The van der Waals surface area contributed by atoms with Crippen molar-refractivity contribution in [3.8, 4) is 0 Å². The molecule has 1 nitrogen and oxygen atoms in total. The lowest BCUT2D eigenvalue weighted by atomic mass is 10.1. The SMILES string of the molecule is Cc1cc(Cl)[nH+]c2ccccc12.[I-]. The van der Waals surface area contributed by atoms with E-state index < -0.39 is 0 Å². The molecule has 0 aliphatic heterocycles. The van der Waals surface area contributed by atoms with E-state index in [4.69, 9.17) is 11.6 Å². The molecule has 0 saturated carbocycles. The highest BCUT2D eigenvalue weighted by Crippen LogP contribution is 2.15. The number of halogens is 2. The van der Waals surface area contributed by atoms with Gasteiger partial charge in [0.1, 0.15) is 0 Å². The van der Waals surface area contributed by atoms with Crippen molar-refractivity contribution in [2.75, 3.05) is 0 Å². The molecule has 1 aromatic carbocycles. The molecule has 0 amide bonds. The van der Waals surface area contributed by atoms with Crippen molar-refractivity contribution in [2.45, 2.75) is 6.92 Å². The molecule has 1 aromatic heterocycles. The molecule has 0 spiro atoms. The Labute approximate surface area is 99.1 Å². The first-order valence-corrected chi connectivity index (χ1v) is 4.22. The molecule has 0 aliphatic carbocycles. The van der Waals surface area contributed by atoms with Crippen molar-refractivity contribution >= 4 is 22.5 Å². The van der Waals surface area contributed by atoms with Gasteiger partial charge in [-0.3, -0.25) is 0 Å². The number of hydrogen-bond acceptors (Lipinski definition) is 0. The van der Waals surface area contributed by atoms with Gasteiger partial charge in [0.15, 0.2) is 0 Å². The number of H-pyrrole nitrogens is 1. The Bertz CT molecular complexity index is 428. The number of pyridine rings is 1. The van der Waals surface area contributed by atoms with Crippen LogP contribution in [0.4, 0.5) is 0 Å². The lowest BCUT2D eigenvalue weighted by Gasteiger charge is -1.95. The molecule has 0 bridgehead atoms. The van der Waals surface area contributed by atoms with Gasteiger partial charge in [-0.2, -0.15) is 4.98 Å². The third kappa shape index (κ3) is 2.11. The largest absolute Gasteiger partial charge is 1.00 e. The summed E-state index contributed by atoms with van der Waals surface area (Å²) in [5.41, 5.74) is 2.29. The van der Waals surface area contributed by atoms with Crippen molar-refractivity contribution in [3.63, 3.8) is 0 Å². The fourth-order valence-corrected chi connectivity index (χ4v) is 1.63. The Hall–Kier alpha value is -0.350. The van der Waals surface area contributed by atoms with Gasteiger partial charge in [0.2, 0.25) is 5.52 Å². The summed E-state index contributed by atoms with van der Waals surface area (Å²) in [7, 11) is 0. The predicted octanol–water partition coefficient (Wildman–Crippen LogP) is -0.380. The van der Waals surface area contributed by atoms with Gasteiger partial charge in [-0.15, -0.1) is 0 Å². The van der Waals surface area contributed by atoms with E-state index in [0.717, 1.165) is 5.52 Å². The quantitative estimate of drug-likeness (QED) is 0.465. The average molecular weight is 306 g/mol. The number of hydrogen-bond donors (Lipinski definition) is 0. The van der Waals surface area contributed by atoms with Crippen LogP contribution in [0.15, 0.2) is 30.3 Å².